The van der Waals surface area contributed by atoms with Gasteiger partial charge in [0.05, 0.1) is 4.92 Å². The average molecular weight is 230 g/mol. The molecule has 7 heteroatoms. The van der Waals surface area contributed by atoms with E-state index in [2.05, 4.69) is 0 Å². The molecule has 0 aromatic heterocycles. The average Bonchev–Trinajstić information content (AvgIpc) is 2.15. The molecule has 1 amide bonds. The molecule has 0 saturated carbocycles. The summed E-state index contributed by atoms with van der Waals surface area (Å²) in [7, 11) is 0. The van der Waals surface area contributed by atoms with Crippen molar-refractivity contribution in [2.75, 3.05) is 6.61 Å². The van der Waals surface area contributed by atoms with Gasteiger partial charge < -0.3 is 4.74 Å². The summed E-state index contributed by atoms with van der Waals surface area (Å²) in [5, 5.41) is 10.8. The van der Waals surface area contributed by atoms with Crippen LogP contribution in [0.15, 0.2) is 18.2 Å². The third-order valence-corrected chi connectivity index (χ3v) is 1.71. The number of hydrogen-bond donors (Lipinski definition) is 0. The number of benzene rings is 1. The van der Waals surface area contributed by atoms with Crippen LogP contribution in [0.4, 0.5) is 5.69 Å². The second-order valence-electron chi connectivity index (χ2n) is 2.58. The monoisotopic (exact) mass is 229 g/mol. The van der Waals surface area contributed by atoms with Crippen LogP contribution >= 0.6 is 11.6 Å². The van der Waals surface area contributed by atoms with Gasteiger partial charge in [-0.3, -0.25) is 20.6 Å². The molecule has 0 atom stereocenters. The Bertz CT molecular complexity index is 408. The molecule has 6 nitrogen and oxygen atoms in total. The first-order chi connectivity index (χ1) is 7.00. The molecule has 15 heavy (non-hydrogen) atoms. The number of nitrogens with one attached hydrogen (secondary N) is 1. The molecule has 0 spiro atoms. The first-order valence-electron chi connectivity index (χ1n) is 3.82. The second kappa shape index (κ2) is 4.61. The fourth-order valence-electron chi connectivity index (χ4n) is 0.899. The van der Waals surface area contributed by atoms with E-state index in [1.807, 2.05) is 0 Å². The van der Waals surface area contributed by atoms with E-state index in [1.165, 1.54) is 12.1 Å². The van der Waals surface area contributed by atoms with E-state index >= 15 is 0 Å². The number of halogens is 1. The van der Waals surface area contributed by atoms with E-state index in [0.29, 0.717) is 0 Å². The molecule has 0 bridgehead atoms. The molecule has 0 unspecified atom stereocenters. The largest absolute Gasteiger partial charge is 0.477 e. The summed E-state index contributed by atoms with van der Waals surface area (Å²) in [6.45, 7) is -0.525. The van der Waals surface area contributed by atoms with Gasteiger partial charge in [0, 0.05) is 11.1 Å². The Morgan fingerprint density at radius 3 is 2.80 bits per heavy atom. The molecular formula is C8H6ClN2O4. The third-order valence-electron chi connectivity index (χ3n) is 1.48. The van der Waals surface area contributed by atoms with Crippen LogP contribution < -0.4 is 10.5 Å². The smallest absolute Gasteiger partial charge is 0.312 e. The first kappa shape index (κ1) is 11.3. The lowest BCUT2D eigenvalue weighted by Gasteiger charge is -2.03. The highest BCUT2D eigenvalue weighted by Gasteiger charge is 2.16. The van der Waals surface area contributed by atoms with E-state index in [1.54, 1.807) is 0 Å². The van der Waals surface area contributed by atoms with E-state index in [4.69, 9.17) is 22.1 Å². The zero-order chi connectivity index (χ0) is 11.4. The molecule has 0 heterocycles. The first-order valence-corrected chi connectivity index (χ1v) is 4.19. The van der Waals surface area contributed by atoms with Crippen LogP contribution in [0.5, 0.6) is 5.75 Å². The van der Waals surface area contributed by atoms with Crippen molar-refractivity contribution >= 4 is 23.2 Å². The van der Waals surface area contributed by atoms with Gasteiger partial charge in [-0.25, -0.2) is 0 Å². The normalized spacial score (nSPS) is 9.67. The van der Waals surface area contributed by atoms with Crippen LogP contribution in [0.1, 0.15) is 0 Å². The van der Waals surface area contributed by atoms with Crippen molar-refractivity contribution in [1.82, 2.24) is 5.73 Å². The zero-order valence-corrected chi connectivity index (χ0v) is 8.15. The van der Waals surface area contributed by atoms with Crippen molar-refractivity contribution in [2.45, 2.75) is 0 Å². The Balaban J connectivity index is 2.95. The van der Waals surface area contributed by atoms with Gasteiger partial charge in [-0.05, 0) is 12.1 Å². The van der Waals surface area contributed by atoms with Crippen molar-refractivity contribution < 1.29 is 14.5 Å². The van der Waals surface area contributed by atoms with Gasteiger partial charge in [0.1, 0.15) is 0 Å². The lowest BCUT2D eigenvalue weighted by Crippen LogP contribution is -2.12. The molecule has 0 aliphatic heterocycles. The minimum absolute atomic E-state index is 0.0787. The number of carbonyl (C=O) groups is 1. The number of ether oxygens (including phenoxy) is 1. The number of nitro groups is 1. The van der Waals surface area contributed by atoms with Gasteiger partial charge in [0.15, 0.2) is 12.4 Å². The quantitative estimate of drug-likeness (QED) is 0.577. The van der Waals surface area contributed by atoms with Crippen LogP contribution in [0, 0.1) is 10.1 Å². The predicted octanol–water partition coefficient (Wildman–Crippen LogP) is 1.44. The van der Waals surface area contributed by atoms with Crippen LogP contribution in [-0.4, -0.2) is 17.4 Å². The fourth-order valence-corrected chi connectivity index (χ4v) is 1.06. The summed E-state index contributed by atoms with van der Waals surface area (Å²) in [4.78, 5) is 20.2. The van der Waals surface area contributed by atoms with Crippen molar-refractivity contribution in [2.24, 2.45) is 0 Å². The minimum atomic E-state index is -0.959. The van der Waals surface area contributed by atoms with E-state index in [0.717, 1.165) is 6.07 Å². The van der Waals surface area contributed by atoms with E-state index in [-0.39, 0.29) is 16.5 Å². The molecule has 1 aromatic rings. The highest BCUT2D eigenvalue weighted by atomic mass is 35.5. The Labute approximate surface area is 89.7 Å². The number of nitro benzene ring substituents is 1. The highest BCUT2D eigenvalue weighted by Crippen LogP contribution is 2.29. The number of carbonyl (C=O) groups excluding carboxylic acids is 1. The topological polar surface area (TPSA) is 93.2 Å². The maximum Gasteiger partial charge on any atom is 0.312 e. The lowest BCUT2D eigenvalue weighted by atomic mass is 10.3. The Hall–Kier alpha value is -1.82. The molecule has 1 radical (unpaired) electrons. The summed E-state index contributed by atoms with van der Waals surface area (Å²) in [6.07, 6.45) is 0. The molecule has 79 valence electrons. The maximum absolute atomic E-state index is 10.6. The van der Waals surface area contributed by atoms with Gasteiger partial charge >= 0.3 is 5.69 Å². The molecular weight excluding hydrogens is 224 g/mol. The van der Waals surface area contributed by atoms with Crippen molar-refractivity contribution in [3.8, 4) is 5.75 Å². The third kappa shape index (κ3) is 3.10. The minimum Gasteiger partial charge on any atom is -0.477 e. The number of rotatable bonds is 4. The fraction of sp³-hybridized carbons (Fsp3) is 0.125. The molecule has 1 aromatic carbocycles. The number of hydrogen-bond acceptors (Lipinski definition) is 4. The molecule has 1 N–H and O–H groups in total. The lowest BCUT2D eigenvalue weighted by molar-refractivity contribution is -0.385. The predicted molar refractivity (Wildman–Crippen MR) is 51.7 cm³/mol. The summed E-state index contributed by atoms with van der Waals surface area (Å²) >= 11 is 5.56. The number of amides is 1. The Kier molecular flexibility index (Phi) is 3.46. The van der Waals surface area contributed by atoms with Crippen LogP contribution in [-0.2, 0) is 4.79 Å². The van der Waals surface area contributed by atoms with Gasteiger partial charge in [0.25, 0.3) is 5.91 Å². The van der Waals surface area contributed by atoms with Gasteiger partial charge in [-0.1, -0.05) is 11.6 Å². The molecule has 0 aliphatic rings. The second-order valence-corrected chi connectivity index (χ2v) is 3.02. The number of nitrogens with zero attached hydrogens (tertiary/aromatic N) is 1. The van der Waals surface area contributed by atoms with Crippen molar-refractivity contribution in [3.63, 3.8) is 0 Å². The summed E-state index contributed by atoms with van der Waals surface area (Å²) in [6, 6.07) is 3.80. The molecule has 0 fully saturated rings. The zero-order valence-electron chi connectivity index (χ0n) is 7.40. The van der Waals surface area contributed by atoms with Crippen molar-refractivity contribution in [1.29, 1.82) is 0 Å². The highest BCUT2D eigenvalue weighted by molar-refractivity contribution is 6.30. The standard InChI is InChI=1S/C8H6ClN2O4/c9-5-1-2-7(15-4-8(10)12)6(3-5)11(13)14/h1-3,10H,4H2. The SMILES string of the molecule is [NH]C(=O)COc1ccc(Cl)cc1[N+](=O)[O-]. The summed E-state index contributed by atoms with van der Waals surface area (Å²) < 4.78 is 4.78. The maximum atomic E-state index is 10.6. The van der Waals surface area contributed by atoms with E-state index < -0.39 is 17.4 Å². The molecule has 0 saturated heterocycles. The Morgan fingerprint density at radius 2 is 2.27 bits per heavy atom. The van der Waals surface area contributed by atoms with E-state index in [9.17, 15) is 14.9 Å². The summed E-state index contributed by atoms with van der Waals surface area (Å²) in [5.41, 5.74) is 6.26. The molecule has 0 aliphatic carbocycles. The Morgan fingerprint density at radius 1 is 1.60 bits per heavy atom. The van der Waals surface area contributed by atoms with Crippen LogP contribution in [0.2, 0.25) is 5.02 Å². The van der Waals surface area contributed by atoms with Gasteiger partial charge in [-0.15, -0.1) is 0 Å². The molecule has 1 rings (SSSR count). The van der Waals surface area contributed by atoms with Gasteiger partial charge in [0.2, 0.25) is 0 Å². The van der Waals surface area contributed by atoms with Crippen molar-refractivity contribution in [3.05, 3.63) is 33.3 Å². The van der Waals surface area contributed by atoms with Crippen LogP contribution in [0.3, 0.4) is 0 Å². The van der Waals surface area contributed by atoms with Gasteiger partial charge in [-0.2, -0.15) is 0 Å². The van der Waals surface area contributed by atoms with Crippen LogP contribution in [0.25, 0.3) is 0 Å². The summed E-state index contributed by atoms with van der Waals surface area (Å²) in [5.74, 6) is -1.04.